The number of hydrogen-bond donors (Lipinski definition) is 1. The van der Waals surface area contributed by atoms with Crippen LogP contribution in [0.25, 0.3) is 0 Å². The normalized spacial score (nSPS) is 11.6. The van der Waals surface area contributed by atoms with Crippen LogP contribution in [0.1, 0.15) is 12.5 Å². The number of amides is 1. The van der Waals surface area contributed by atoms with Gasteiger partial charge < -0.3 is 5.32 Å². The molecule has 8 heteroatoms. The minimum absolute atomic E-state index is 0.0879. The van der Waals surface area contributed by atoms with E-state index in [9.17, 15) is 13.2 Å². The van der Waals surface area contributed by atoms with Gasteiger partial charge in [-0.05, 0) is 48.9 Å². The van der Waals surface area contributed by atoms with Gasteiger partial charge in [0.25, 0.3) is 0 Å². The summed E-state index contributed by atoms with van der Waals surface area (Å²) in [5.41, 5.74) is 1.40. The van der Waals surface area contributed by atoms with Gasteiger partial charge in [-0.1, -0.05) is 36.2 Å². The highest BCUT2D eigenvalue weighted by Crippen LogP contribution is 2.21. The summed E-state index contributed by atoms with van der Waals surface area (Å²) in [4.78, 5) is 12.3. The summed E-state index contributed by atoms with van der Waals surface area (Å²) >= 11 is 11.8. The Morgan fingerprint density at radius 2 is 1.76 bits per heavy atom. The number of benzene rings is 2. The van der Waals surface area contributed by atoms with Crippen molar-refractivity contribution in [1.82, 2.24) is 4.31 Å². The van der Waals surface area contributed by atoms with E-state index in [-0.39, 0.29) is 18.0 Å². The van der Waals surface area contributed by atoms with Gasteiger partial charge in [-0.15, -0.1) is 0 Å². The van der Waals surface area contributed by atoms with Crippen LogP contribution in [0.2, 0.25) is 10.0 Å². The van der Waals surface area contributed by atoms with Crippen LogP contribution in [0.4, 0.5) is 5.69 Å². The first-order valence-electron chi connectivity index (χ1n) is 7.55. The van der Waals surface area contributed by atoms with Gasteiger partial charge >= 0.3 is 0 Å². The molecule has 0 saturated carbocycles. The second kappa shape index (κ2) is 8.19. The van der Waals surface area contributed by atoms with Crippen molar-refractivity contribution in [3.8, 4) is 0 Å². The van der Waals surface area contributed by atoms with Gasteiger partial charge in [0.1, 0.15) is 0 Å². The molecule has 0 unspecified atom stereocenters. The number of nitrogens with zero attached hydrogens (tertiary/aromatic N) is 1. The monoisotopic (exact) mass is 400 g/mol. The molecule has 0 spiro atoms. The third-order valence-electron chi connectivity index (χ3n) is 3.58. The third kappa shape index (κ3) is 4.95. The maximum Gasteiger partial charge on any atom is 0.243 e. The number of nitrogens with one attached hydrogen (secondary N) is 1. The summed E-state index contributed by atoms with van der Waals surface area (Å²) < 4.78 is 26.4. The molecule has 0 aliphatic rings. The lowest BCUT2D eigenvalue weighted by Crippen LogP contribution is -2.37. The number of likely N-dealkylation sites (N-methyl/N-ethyl adjacent to an activating group) is 1. The number of sulfonamides is 1. The number of halogens is 2. The fraction of sp³-hybridized carbons (Fsp3) is 0.235. The van der Waals surface area contributed by atoms with Crippen LogP contribution in [-0.2, 0) is 14.8 Å². The summed E-state index contributed by atoms with van der Waals surface area (Å²) in [5.74, 6) is -0.445. The lowest BCUT2D eigenvalue weighted by Gasteiger charge is -2.20. The standard InChI is InChI=1S/C17H18Cl2N2O3S/c1-3-21(25(23,24)15-8-5-13(18)6-9-15)11-17(22)20-14-7-4-12(2)16(19)10-14/h4-10H,3,11H2,1-2H3,(H,20,22). The third-order valence-corrected chi connectivity index (χ3v) is 6.17. The fourth-order valence-corrected chi connectivity index (χ4v) is 3.87. The zero-order valence-electron chi connectivity index (χ0n) is 13.8. The Morgan fingerprint density at radius 1 is 1.12 bits per heavy atom. The van der Waals surface area contributed by atoms with Crippen molar-refractivity contribution in [2.45, 2.75) is 18.7 Å². The van der Waals surface area contributed by atoms with Gasteiger partial charge in [0, 0.05) is 22.3 Å². The van der Waals surface area contributed by atoms with E-state index in [1.54, 1.807) is 25.1 Å². The van der Waals surface area contributed by atoms with E-state index in [4.69, 9.17) is 23.2 Å². The molecule has 0 fully saturated rings. The highest BCUT2D eigenvalue weighted by Gasteiger charge is 2.25. The van der Waals surface area contributed by atoms with Crippen molar-refractivity contribution >= 4 is 44.8 Å². The number of carbonyl (C=O) groups excluding carboxylic acids is 1. The summed E-state index contributed by atoms with van der Waals surface area (Å²) in [6.45, 7) is 3.38. The molecule has 0 atom stereocenters. The number of hydrogen-bond acceptors (Lipinski definition) is 3. The minimum atomic E-state index is -3.78. The Labute approximate surface area is 157 Å². The van der Waals surface area contributed by atoms with Crippen molar-refractivity contribution < 1.29 is 13.2 Å². The van der Waals surface area contributed by atoms with Crippen molar-refractivity contribution in [1.29, 1.82) is 0 Å². The zero-order chi connectivity index (χ0) is 18.6. The van der Waals surface area contributed by atoms with Gasteiger partial charge in [0.05, 0.1) is 11.4 Å². The number of anilines is 1. The second-order valence-electron chi connectivity index (χ2n) is 5.40. The Balaban J connectivity index is 2.13. The molecule has 2 rings (SSSR count). The quantitative estimate of drug-likeness (QED) is 0.797. The summed E-state index contributed by atoms with van der Waals surface area (Å²) in [7, 11) is -3.78. The van der Waals surface area contributed by atoms with Gasteiger partial charge in [-0.3, -0.25) is 4.79 Å². The summed E-state index contributed by atoms with van der Waals surface area (Å²) in [6.07, 6.45) is 0. The van der Waals surface area contributed by atoms with E-state index in [1.165, 1.54) is 24.3 Å². The second-order valence-corrected chi connectivity index (χ2v) is 8.18. The van der Waals surface area contributed by atoms with E-state index in [2.05, 4.69) is 5.32 Å². The SMILES string of the molecule is CCN(CC(=O)Nc1ccc(C)c(Cl)c1)S(=O)(=O)c1ccc(Cl)cc1. The molecule has 0 aliphatic carbocycles. The van der Waals surface area contributed by atoms with Crippen molar-refractivity contribution in [3.63, 3.8) is 0 Å². The van der Waals surface area contributed by atoms with Crippen LogP contribution in [0.3, 0.4) is 0 Å². The van der Waals surface area contributed by atoms with Crippen LogP contribution in [0.15, 0.2) is 47.4 Å². The Morgan fingerprint density at radius 3 is 2.32 bits per heavy atom. The number of rotatable bonds is 6. The number of carbonyl (C=O) groups is 1. The first-order chi connectivity index (χ1) is 11.7. The lowest BCUT2D eigenvalue weighted by molar-refractivity contribution is -0.116. The molecule has 2 aromatic carbocycles. The first-order valence-corrected chi connectivity index (χ1v) is 9.75. The van der Waals surface area contributed by atoms with E-state index in [0.717, 1.165) is 9.87 Å². The lowest BCUT2D eigenvalue weighted by atomic mass is 10.2. The summed E-state index contributed by atoms with van der Waals surface area (Å²) in [5, 5.41) is 3.62. The Kier molecular flexibility index (Phi) is 6.46. The Hall–Kier alpha value is -1.60. The molecule has 0 aliphatic heterocycles. The van der Waals surface area contributed by atoms with Crippen LogP contribution < -0.4 is 5.32 Å². The zero-order valence-corrected chi connectivity index (χ0v) is 16.1. The molecule has 134 valence electrons. The van der Waals surface area contributed by atoms with E-state index >= 15 is 0 Å². The molecular weight excluding hydrogens is 383 g/mol. The highest BCUT2D eigenvalue weighted by atomic mass is 35.5. The molecule has 0 bridgehead atoms. The molecule has 0 radical (unpaired) electrons. The molecule has 1 amide bonds. The van der Waals surface area contributed by atoms with Crippen LogP contribution >= 0.6 is 23.2 Å². The first kappa shape index (κ1) is 19.7. The average Bonchev–Trinajstić information content (AvgIpc) is 2.56. The fourth-order valence-electron chi connectivity index (χ4n) is 2.15. The smallest absolute Gasteiger partial charge is 0.243 e. The molecule has 25 heavy (non-hydrogen) atoms. The molecule has 1 N–H and O–H groups in total. The summed E-state index contributed by atoms with van der Waals surface area (Å²) in [6, 6.07) is 10.9. The van der Waals surface area contributed by atoms with Crippen LogP contribution in [-0.4, -0.2) is 31.7 Å². The maximum absolute atomic E-state index is 12.6. The van der Waals surface area contributed by atoms with Crippen molar-refractivity contribution in [2.24, 2.45) is 0 Å². The molecule has 5 nitrogen and oxygen atoms in total. The van der Waals surface area contributed by atoms with E-state index < -0.39 is 15.9 Å². The topological polar surface area (TPSA) is 66.5 Å². The molecule has 0 heterocycles. The Bertz CT molecular complexity index is 868. The van der Waals surface area contributed by atoms with Gasteiger partial charge in [0.2, 0.25) is 15.9 Å². The predicted octanol–water partition coefficient (Wildman–Crippen LogP) is 3.95. The van der Waals surface area contributed by atoms with Crippen molar-refractivity contribution in [3.05, 3.63) is 58.1 Å². The van der Waals surface area contributed by atoms with Crippen molar-refractivity contribution in [2.75, 3.05) is 18.4 Å². The predicted molar refractivity (Wildman–Crippen MR) is 101 cm³/mol. The molecular formula is C17H18Cl2N2O3S. The highest BCUT2D eigenvalue weighted by molar-refractivity contribution is 7.89. The maximum atomic E-state index is 12.6. The van der Waals surface area contributed by atoms with Gasteiger partial charge in [0.15, 0.2) is 0 Å². The van der Waals surface area contributed by atoms with Gasteiger partial charge in [-0.25, -0.2) is 8.42 Å². The molecule has 0 saturated heterocycles. The average molecular weight is 401 g/mol. The van der Waals surface area contributed by atoms with Gasteiger partial charge in [-0.2, -0.15) is 4.31 Å². The van der Waals surface area contributed by atoms with Crippen LogP contribution in [0, 0.1) is 6.92 Å². The van der Waals surface area contributed by atoms with E-state index in [1.807, 2.05) is 6.92 Å². The van der Waals surface area contributed by atoms with E-state index in [0.29, 0.717) is 15.7 Å². The number of aryl methyl sites for hydroxylation is 1. The molecule has 0 aromatic heterocycles. The van der Waals surface area contributed by atoms with Crippen LogP contribution in [0.5, 0.6) is 0 Å². The molecule has 2 aromatic rings. The largest absolute Gasteiger partial charge is 0.325 e. The minimum Gasteiger partial charge on any atom is -0.325 e.